The summed E-state index contributed by atoms with van der Waals surface area (Å²) in [6.45, 7) is 3.74. The quantitative estimate of drug-likeness (QED) is 0.825. The Morgan fingerprint density at radius 2 is 1.86 bits per heavy atom. The van der Waals surface area contributed by atoms with Crippen molar-refractivity contribution < 1.29 is 19.4 Å². The lowest BCUT2D eigenvalue weighted by Crippen LogP contribution is -2.50. The Morgan fingerprint density at radius 3 is 2.57 bits per heavy atom. The van der Waals surface area contributed by atoms with Crippen LogP contribution in [0.25, 0.3) is 0 Å². The Hall–Kier alpha value is -2.12. The van der Waals surface area contributed by atoms with E-state index >= 15 is 0 Å². The monoisotopic (exact) mass is 387 g/mol. The predicted octanol–water partition coefficient (Wildman–Crippen LogP) is 1.92. The fraction of sp³-hybridized carbons (Fsp3) is 0.619. The summed E-state index contributed by atoms with van der Waals surface area (Å²) in [6.07, 6.45) is 2.81. The minimum Gasteiger partial charge on any atom is -0.481 e. The Labute approximate surface area is 165 Å². The summed E-state index contributed by atoms with van der Waals surface area (Å²) in [7, 11) is 0. The number of fused-ring (bicyclic) bond motifs is 1. The van der Waals surface area contributed by atoms with Crippen molar-refractivity contribution in [3.8, 4) is 0 Å². The van der Waals surface area contributed by atoms with E-state index in [0.29, 0.717) is 32.5 Å². The first kappa shape index (κ1) is 19.2. The number of amides is 2. The molecular formula is C21H29N3O4. The third kappa shape index (κ3) is 4.31. The minimum atomic E-state index is -0.718. The molecule has 0 aromatic heterocycles. The lowest BCUT2D eigenvalue weighted by atomic mass is 9.86. The van der Waals surface area contributed by atoms with E-state index in [4.69, 9.17) is 9.84 Å². The molecule has 2 aliphatic heterocycles. The van der Waals surface area contributed by atoms with E-state index in [1.54, 1.807) is 0 Å². The summed E-state index contributed by atoms with van der Waals surface area (Å²) in [5.41, 5.74) is 1.28. The van der Waals surface area contributed by atoms with Crippen LogP contribution in [0.15, 0.2) is 30.3 Å². The van der Waals surface area contributed by atoms with Gasteiger partial charge in [0.1, 0.15) is 0 Å². The average Bonchev–Trinajstić information content (AvgIpc) is 3.15. The van der Waals surface area contributed by atoms with E-state index in [0.717, 1.165) is 25.9 Å². The average molecular weight is 387 g/mol. The Balaban J connectivity index is 1.31. The first-order valence-electron chi connectivity index (χ1n) is 10.3. The van der Waals surface area contributed by atoms with Gasteiger partial charge in [-0.3, -0.25) is 9.69 Å². The summed E-state index contributed by atoms with van der Waals surface area (Å²) in [4.78, 5) is 28.1. The summed E-state index contributed by atoms with van der Waals surface area (Å²) in [6, 6.07) is 10.7. The molecule has 0 spiro atoms. The van der Waals surface area contributed by atoms with Crippen molar-refractivity contribution in [2.75, 3.05) is 26.2 Å². The van der Waals surface area contributed by atoms with Crippen LogP contribution >= 0.6 is 0 Å². The topological polar surface area (TPSA) is 82.1 Å². The molecule has 0 unspecified atom stereocenters. The number of hydrogen-bond acceptors (Lipinski definition) is 4. The van der Waals surface area contributed by atoms with Crippen molar-refractivity contribution in [3.63, 3.8) is 0 Å². The number of ether oxygens (including phenoxy) is 1. The zero-order chi connectivity index (χ0) is 19.5. The molecule has 0 radical (unpaired) electrons. The number of rotatable bonds is 4. The van der Waals surface area contributed by atoms with Crippen LogP contribution in [0.2, 0.25) is 0 Å². The van der Waals surface area contributed by atoms with Gasteiger partial charge in [0.25, 0.3) is 0 Å². The second-order valence-electron chi connectivity index (χ2n) is 8.17. The number of nitrogens with zero attached hydrogens (tertiary/aromatic N) is 2. The van der Waals surface area contributed by atoms with E-state index in [2.05, 4.69) is 34.5 Å². The number of carbonyl (C=O) groups is 2. The lowest BCUT2D eigenvalue weighted by Gasteiger charge is -2.36. The number of likely N-dealkylation sites (tertiary alicyclic amines) is 1. The predicted molar refractivity (Wildman–Crippen MR) is 104 cm³/mol. The van der Waals surface area contributed by atoms with Gasteiger partial charge in [0.05, 0.1) is 31.2 Å². The first-order valence-corrected chi connectivity index (χ1v) is 10.3. The van der Waals surface area contributed by atoms with Gasteiger partial charge in [-0.25, -0.2) is 4.79 Å². The van der Waals surface area contributed by atoms with Crippen molar-refractivity contribution in [2.24, 2.45) is 5.92 Å². The van der Waals surface area contributed by atoms with Gasteiger partial charge >= 0.3 is 12.0 Å². The van der Waals surface area contributed by atoms with Gasteiger partial charge < -0.3 is 20.1 Å². The highest BCUT2D eigenvalue weighted by atomic mass is 16.5. The molecule has 28 heavy (non-hydrogen) atoms. The van der Waals surface area contributed by atoms with Gasteiger partial charge in [0.15, 0.2) is 0 Å². The molecule has 2 N–H and O–H groups in total. The Morgan fingerprint density at radius 1 is 1.11 bits per heavy atom. The van der Waals surface area contributed by atoms with Crippen molar-refractivity contribution in [1.82, 2.24) is 15.1 Å². The molecule has 4 rings (SSSR count). The number of nitrogens with one attached hydrogen (secondary N) is 1. The molecule has 1 aromatic rings. The van der Waals surface area contributed by atoms with Gasteiger partial charge in [0.2, 0.25) is 0 Å². The number of urea groups is 1. The number of carboxylic acid groups (broad SMARTS) is 1. The molecule has 1 aliphatic carbocycles. The Bertz CT molecular complexity index is 690. The van der Waals surface area contributed by atoms with E-state index in [-0.39, 0.29) is 30.1 Å². The van der Waals surface area contributed by atoms with Gasteiger partial charge in [-0.15, -0.1) is 0 Å². The maximum Gasteiger partial charge on any atom is 0.317 e. The van der Waals surface area contributed by atoms with E-state index in [9.17, 15) is 9.59 Å². The van der Waals surface area contributed by atoms with E-state index in [1.807, 2.05) is 11.0 Å². The maximum atomic E-state index is 12.8. The molecule has 2 atom stereocenters. The second-order valence-corrected chi connectivity index (χ2v) is 8.17. The second kappa shape index (κ2) is 8.49. The zero-order valence-electron chi connectivity index (χ0n) is 16.1. The normalized spacial score (nSPS) is 30.6. The molecular weight excluding hydrogens is 358 g/mol. The van der Waals surface area contributed by atoms with Crippen LogP contribution in [-0.4, -0.2) is 71.3 Å². The summed E-state index contributed by atoms with van der Waals surface area (Å²) in [5.74, 6) is -0.980. The van der Waals surface area contributed by atoms with Gasteiger partial charge in [-0.05, 0) is 31.2 Å². The van der Waals surface area contributed by atoms with Crippen molar-refractivity contribution >= 4 is 12.0 Å². The first-order chi connectivity index (χ1) is 13.6. The molecule has 2 saturated heterocycles. The van der Waals surface area contributed by atoms with Crippen LogP contribution in [0.3, 0.4) is 0 Å². The molecule has 2 amide bonds. The number of benzene rings is 1. The minimum absolute atomic E-state index is 0.0450. The molecule has 3 aliphatic rings. The highest BCUT2D eigenvalue weighted by Crippen LogP contribution is 2.27. The number of aliphatic carboxylic acids is 1. The van der Waals surface area contributed by atoms with Crippen LogP contribution in [0.5, 0.6) is 0 Å². The molecule has 152 valence electrons. The van der Waals surface area contributed by atoms with Gasteiger partial charge in [-0.2, -0.15) is 0 Å². The fourth-order valence-corrected chi connectivity index (χ4v) is 4.69. The van der Waals surface area contributed by atoms with Crippen LogP contribution in [0, 0.1) is 5.92 Å². The molecule has 1 saturated carbocycles. The number of carbonyl (C=O) groups excluding carboxylic acids is 1. The molecule has 7 heteroatoms. The maximum absolute atomic E-state index is 12.8. The van der Waals surface area contributed by atoms with Gasteiger partial charge in [-0.1, -0.05) is 30.3 Å². The third-order valence-electron chi connectivity index (χ3n) is 6.34. The van der Waals surface area contributed by atoms with Crippen molar-refractivity contribution in [2.45, 2.75) is 50.4 Å². The summed E-state index contributed by atoms with van der Waals surface area (Å²) in [5, 5.41) is 12.2. The summed E-state index contributed by atoms with van der Waals surface area (Å²) < 4.78 is 5.95. The molecule has 2 heterocycles. The van der Waals surface area contributed by atoms with Crippen molar-refractivity contribution in [1.29, 1.82) is 0 Å². The largest absolute Gasteiger partial charge is 0.481 e. The number of carboxylic acids is 1. The van der Waals surface area contributed by atoms with E-state index in [1.165, 1.54) is 5.56 Å². The molecule has 7 nitrogen and oxygen atoms in total. The number of hydrogen-bond donors (Lipinski definition) is 2. The number of morpholine rings is 1. The van der Waals surface area contributed by atoms with Crippen LogP contribution < -0.4 is 5.32 Å². The highest BCUT2D eigenvalue weighted by Gasteiger charge is 2.42. The highest BCUT2D eigenvalue weighted by molar-refractivity contribution is 5.75. The lowest BCUT2D eigenvalue weighted by molar-refractivity contribution is -0.142. The zero-order valence-corrected chi connectivity index (χ0v) is 16.1. The fourth-order valence-electron chi connectivity index (χ4n) is 4.69. The van der Waals surface area contributed by atoms with Crippen LogP contribution in [0.1, 0.15) is 31.2 Å². The molecule has 3 fully saturated rings. The molecule has 1 aromatic carbocycles. The summed E-state index contributed by atoms with van der Waals surface area (Å²) >= 11 is 0. The van der Waals surface area contributed by atoms with Gasteiger partial charge in [0, 0.05) is 25.7 Å². The van der Waals surface area contributed by atoms with Crippen molar-refractivity contribution in [3.05, 3.63) is 35.9 Å². The standard InChI is InChI=1S/C21H29N3O4/c25-20(26)16-6-8-17(9-7-16)22-21(27)24-13-18-19(14-24)28-11-10-23(18)12-15-4-2-1-3-5-15/h1-5,16-19H,6-14H2,(H,22,27)(H,25,26)/t16?,17?,18-,19+/m1/s1. The SMILES string of the molecule is O=C(O)C1CCC(NC(=O)N2C[C@@H]3OCCN(Cc4ccccc4)[C@@H]3C2)CC1. The van der Waals surface area contributed by atoms with Crippen LogP contribution in [-0.2, 0) is 16.1 Å². The van der Waals surface area contributed by atoms with Crippen LogP contribution in [0.4, 0.5) is 4.79 Å². The smallest absolute Gasteiger partial charge is 0.317 e. The van der Waals surface area contributed by atoms with E-state index < -0.39 is 5.97 Å². The Kier molecular flexibility index (Phi) is 5.82. The third-order valence-corrected chi connectivity index (χ3v) is 6.34. The molecule has 0 bridgehead atoms.